The molecule has 0 bridgehead atoms. The van der Waals surface area contributed by atoms with Gasteiger partial charge in [-0.1, -0.05) is 54.1 Å². The fourth-order valence-corrected chi connectivity index (χ4v) is 3.71. The first-order valence-corrected chi connectivity index (χ1v) is 10.2. The van der Waals surface area contributed by atoms with Crippen LogP contribution in [0.5, 0.6) is 0 Å². The number of anilines is 1. The topological polar surface area (TPSA) is 58.1 Å². The Morgan fingerprint density at radius 3 is 2.69 bits per heavy atom. The highest BCUT2D eigenvalue weighted by Gasteiger charge is 2.26. The third-order valence-electron chi connectivity index (χ3n) is 5.17. The van der Waals surface area contributed by atoms with Crippen LogP contribution in [0.15, 0.2) is 66.9 Å². The number of hydrogen-bond acceptors (Lipinski definition) is 4. The first kappa shape index (κ1) is 19.4. The monoisotopic (exact) mass is 406 g/mol. The number of carbonyl (C=O) groups excluding carboxylic acids is 1. The van der Waals surface area contributed by atoms with E-state index in [4.69, 9.17) is 16.6 Å². The molecule has 1 atom stereocenters. The Morgan fingerprint density at radius 1 is 1.10 bits per heavy atom. The van der Waals surface area contributed by atoms with Crippen molar-refractivity contribution in [3.63, 3.8) is 0 Å². The second-order valence-corrected chi connectivity index (χ2v) is 7.67. The summed E-state index contributed by atoms with van der Waals surface area (Å²) in [5, 5.41) is 3.75. The third kappa shape index (κ3) is 4.93. The van der Waals surface area contributed by atoms with E-state index in [1.807, 2.05) is 60.7 Å². The largest absolute Gasteiger partial charge is 0.356 e. The van der Waals surface area contributed by atoms with E-state index >= 15 is 0 Å². The van der Waals surface area contributed by atoms with Crippen LogP contribution in [0, 0.1) is 5.92 Å². The predicted octanol–water partition coefficient (Wildman–Crippen LogP) is 4.33. The predicted molar refractivity (Wildman–Crippen MR) is 116 cm³/mol. The second-order valence-electron chi connectivity index (χ2n) is 7.23. The minimum absolute atomic E-state index is 0.0498. The van der Waals surface area contributed by atoms with Crippen molar-refractivity contribution in [1.82, 2.24) is 15.3 Å². The zero-order valence-electron chi connectivity index (χ0n) is 16.1. The zero-order chi connectivity index (χ0) is 20.1. The van der Waals surface area contributed by atoms with Crippen LogP contribution in [0.1, 0.15) is 18.4 Å². The summed E-state index contributed by atoms with van der Waals surface area (Å²) in [6.07, 6.45) is 3.64. The molecule has 1 aliphatic heterocycles. The van der Waals surface area contributed by atoms with Crippen LogP contribution in [0.3, 0.4) is 0 Å². The number of nitrogens with zero attached hydrogens (tertiary/aromatic N) is 3. The van der Waals surface area contributed by atoms with E-state index in [1.165, 1.54) is 0 Å². The minimum Gasteiger partial charge on any atom is -0.356 e. The van der Waals surface area contributed by atoms with Crippen molar-refractivity contribution in [3.05, 3.63) is 77.4 Å². The average molecular weight is 407 g/mol. The van der Waals surface area contributed by atoms with E-state index in [9.17, 15) is 4.79 Å². The number of piperidine rings is 1. The summed E-state index contributed by atoms with van der Waals surface area (Å²) in [6.45, 7) is 2.07. The Kier molecular flexibility index (Phi) is 6.06. The quantitative estimate of drug-likeness (QED) is 0.685. The number of hydrogen-bond donors (Lipinski definition) is 1. The van der Waals surface area contributed by atoms with Crippen molar-refractivity contribution in [2.75, 3.05) is 18.0 Å². The second kappa shape index (κ2) is 9.05. The maximum Gasteiger partial charge on any atom is 0.225 e. The molecule has 1 N–H and O–H groups in total. The molecule has 29 heavy (non-hydrogen) atoms. The molecule has 0 saturated carbocycles. The maximum absolute atomic E-state index is 12.7. The number of amides is 1. The van der Waals surface area contributed by atoms with E-state index in [-0.39, 0.29) is 11.8 Å². The van der Waals surface area contributed by atoms with Crippen LogP contribution in [0.4, 0.5) is 5.82 Å². The normalized spacial score (nSPS) is 16.4. The highest BCUT2D eigenvalue weighted by molar-refractivity contribution is 6.30. The summed E-state index contributed by atoms with van der Waals surface area (Å²) in [5.41, 5.74) is 2.03. The molecule has 1 fully saturated rings. The molecule has 0 unspecified atom stereocenters. The molecule has 1 aromatic heterocycles. The molecule has 5 nitrogen and oxygen atoms in total. The van der Waals surface area contributed by atoms with E-state index < -0.39 is 0 Å². The number of rotatable bonds is 5. The lowest BCUT2D eigenvalue weighted by Gasteiger charge is -2.33. The van der Waals surface area contributed by atoms with Crippen LogP contribution in [0.2, 0.25) is 5.02 Å². The fraction of sp³-hybridized carbons (Fsp3) is 0.261. The molecule has 2 heterocycles. The molecule has 4 rings (SSSR count). The van der Waals surface area contributed by atoms with E-state index in [2.05, 4.69) is 15.2 Å². The van der Waals surface area contributed by atoms with Crippen LogP contribution < -0.4 is 10.2 Å². The number of carbonyl (C=O) groups is 1. The molecule has 2 aromatic carbocycles. The SMILES string of the molecule is O=C(NCc1ccc(Cl)cc1)[C@@H]1CCCN(c2ccnc(-c3ccccc3)n2)C1. The van der Waals surface area contributed by atoms with Gasteiger partial charge in [0.2, 0.25) is 5.91 Å². The van der Waals surface area contributed by atoms with E-state index in [0.717, 1.165) is 36.3 Å². The summed E-state index contributed by atoms with van der Waals surface area (Å²) in [7, 11) is 0. The number of halogens is 1. The van der Waals surface area contributed by atoms with Gasteiger partial charge < -0.3 is 10.2 Å². The fourth-order valence-electron chi connectivity index (χ4n) is 3.59. The molecular weight excluding hydrogens is 384 g/mol. The highest BCUT2D eigenvalue weighted by Crippen LogP contribution is 2.24. The van der Waals surface area contributed by atoms with Gasteiger partial charge in [0.25, 0.3) is 0 Å². The molecule has 3 aromatic rings. The molecule has 6 heteroatoms. The Bertz CT molecular complexity index is 962. The minimum atomic E-state index is -0.0498. The maximum atomic E-state index is 12.7. The molecule has 0 spiro atoms. The van der Waals surface area contributed by atoms with Gasteiger partial charge >= 0.3 is 0 Å². The number of nitrogens with one attached hydrogen (secondary N) is 1. The molecule has 1 aliphatic rings. The molecule has 0 radical (unpaired) electrons. The van der Waals surface area contributed by atoms with Gasteiger partial charge in [-0.2, -0.15) is 0 Å². The third-order valence-corrected chi connectivity index (χ3v) is 5.42. The van der Waals surface area contributed by atoms with Gasteiger partial charge in [-0.15, -0.1) is 0 Å². The van der Waals surface area contributed by atoms with Crippen molar-refractivity contribution >= 4 is 23.3 Å². The van der Waals surface area contributed by atoms with Crippen molar-refractivity contribution in [3.8, 4) is 11.4 Å². The zero-order valence-corrected chi connectivity index (χ0v) is 16.8. The lowest BCUT2D eigenvalue weighted by atomic mass is 9.97. The Morgan fingerprint density at radius 2 is 1.90 bits per heavy atom. The van der Waals surface area contributed by atoms with Gasteiger partial charge in [0.1, 0.15) is 5.82 Å². The van der Waals surface area contributed by atoms with E-state index in [0.29, 0.717) is 23.9 Å². The number of benzene rings is 2. The van der Waals surface area contributed by atoms with Crippen LogP contribution >= 0.6 is 11.6 Å². The van der Waals surface area contributed by atoms with E-state index in [1.54, 1.807) is 6.20 Å². The van der Waals surface area contributed by atoms with Gasteiger partial charge in [-0.05, 0) is 36.6 Å². The summed E-state index contributed by atoms with van der Waals surface area (Å²) >= 11 is 5.92. The van der Waals surface area contributed by atoms with Gasteiger partial charge in [-0.3, -0.25) is 4.79 Å². The lowest BCUT2D eigenvalue weighted by Crippen LogP contribution is -2.43. The van der Waals surface area contributed by atoms with Gasteiger partial charge in [0, 0.05) is 36.4 Å². The molecule has 0 aliphatic carbocycles. The molecule has 1 saturated heterocycles. The molecule has 148 valence electrons. The Hall–Kier alpha value is -2.92. The van der Waals surface area contributed by atoms with Gasteiger partial charge in [0.05, 0.1) is 5.92 Å². The Balaban J connectivity index is 1.40. The lowest BCUT2D eigenvalue weighted by molar-refractivity contribution is -0.125. The highest BCUT2D eigenvalue weighted by atomic mass is 35.5. The van der Waals surface area contributed by atoms with Crippen LogP contribution in [-0.4, -0.2) is 29.0 Å². The van der Waals surface area contributed by atoms with Crippen molar-refractivity contribution < 1.29 is 4.79 Å². The first-order valence-electron chi connectivity index (χ1n) is 9.84. The van der Waals surface area contributed by atoms with Crippen molar-refractivity contribution in [2.45, 2.75) is 19.4 Å². The van der Waals surface area contributed by atoms with Gasteiger partial charge in [-0.25, -0.2) is 9.97 Å². The number of aromatic nitrogens is 2. The molecule has 1 amide bonds. The van der Waals surface area contributed by atoms with Crippen molar-refractivity contribution in [2.24, 2.45) is 5.92 Å². The standard InChI is InChI=1S/C23H23ClN4O/c24-20-10-8-17(9-11-20)15-26-23(29)19-7-4-14-28(16-19)21-12-13-25-22(27-21)18-5-2-1-3-6-18/h1-3,5-6,8-13,19H,4,7,14-16H2,(H,26,29)/t19-/m1/s1. The van der Waals surface area contributed by atoms with Crippen molar-refractivity contribution in [1.29, 1.82) is 0 Å². The summed E-state index contributed by atoms with van der Waals surface area (Å²) in [4.78, 5) is 24.0. The van der Waals surface area contributed by atoms with Crippen LogP contribution in [-0.2, 0) is 11.3 Å². The summed E-state index contributed by atoms with van der Waals surface area (Å²) < 4.78 is 0. The van der Waals surface area contributed by atoms with Gasteiger partial charge in [0.15, 0.2) is 5.82 Å². The molecular formula is C23H23ClN4O. The Labute approximate surface area is 175 Å². The average Bonchev–Trinajstić information content (AvgIpc) is 2.79. The first-order chi connectivity index (χ1) is 14.2. The smallest absolute Gasteiger partial charge is 0.225 e. The van der Waals surface area contributed by atoms with Crippen LogP contribution in [0.25, 0.3) is 11.4 Å². The summed E-state index contributed by atoms with van der Waals surface area (Å²) in [6, 6.07) is 19.4. The summed E-state index contributed by atoms with van der Waals surface area (Å²) in [5.74, 6) is 1.61.